The monoisotopic (exact) mass is 301 g/mol. The van der Waals surface area contributed by atoms with Gasteiger partial charge in [0, 0.05) is 23.7 Å². The maximum atomic E-state index is 14.5. The van der Waals surface area contributed by atoms with Gasteiger partial charge in [0.2, 0.25) is 0 Å². The molecule has 116 valence electrons. The number of aromatic nitrogens is 1. The Morgan fingerprint density at radius 2 is 2.00 bits per heavy atom. The molecular formula is C18H20FNO2. The molecule has 0 bridgehead atoms. The van der Waals surface area contributed by atoms with Gasteiger partial charge in [0.15, 0.2) is 0 Å². The van der Waals surface area contributed by atoms with Crippen LogP contribution in [0.4, 0.5) is 4.39 Å². The van der Waals surface area contributed by atoms with E-state index in [1.807, 2.05) is 13.0 Å². The van der Waals surface area contributed by atoms with Gasteiger partial charge in [-0.25, -0.2) is 4.39 Å². The van der Waals surface area contributed by atoms with Gasteiger partial charge in [-0.15, -0.1) is 0 Å². The second kappa shape index (κ2) is 5.51. The second-order valence-corrected chi connectivity index (χ2v) is 6.26. The summed E-state index contributed by atoms with van der Waals surface area (Å²) >= 11 is 0. The van der Waals surface area contributed by atoms with E-state index in [0.29, 0.717) is 36.3 Å². The van der Waals surface area contributed by atoms with Crippen LogP contribution in [0.25, 0.3) is 11.3 Å². The van der Waals surface area contributed by atoms with Crippen LogP contribution in [0, 0.1) is 5.82 Å². The summed E-state index contributed by atoms with van der Waals surface area (Å²) in [5, 5.41) is 4.24. The summed E-state index contributed by atoms with van der Waals surface area (Å²) < 4.78 is 25.7. The Bertz CT molecular complexity index is 686. The van der Waals surface area contributed by atoms with Gasteiger partial charge in [-0.1, -0.05) is 17.3 Å². The molecule has 22 heavy (non-hydrogen) atoms. The quantitative estimate of drug-likeness (QED) is 0.770. The zero-order chi connectivity index (χ0) is 15.1. The first kappa shape index (κ1) is 13.9. The molecular weight excluding hydrogens is 281 g/mol. The second-order valence-electron chi connectivity index (χ2n) is 6.26. The highest BCUT2D eigenvalue weighted by Gasteiger charge is 2.35. The first-order valence-electron chi connectivity index (χ1n) is 8.14. The highest BCUT2D eigenvalue weighted by molar-refractivity contribution is 5.69. The summed E-state index contributed by atoms with van der Waals surface area (Å²) in [5.41, 5.74) is 3.27. The number of benzene rings is 1. The molecule has 2 aliphatic rings. The Balaban J connectivity index is 1.82. The van der Waals surface area contributed by atoms with Crippen molar-refractivity contribution >= 4 is 0 Å². The van der Waals surface area contributed by atoms with Gasteiger partial charge in [-0.2, -0.15) is 0 Å². The van der Waals surface area contributed by atoms with Crippen molar-refractivity contribution in [2.24, 2.45) is 0 Å². The van der Waals surface area contributed by atoms with Gasteiger partial charge >= 0.3 is 0 Å². The SMILES string of the molecule is CCOCc1c(-c2c(F)cccc2C2CC2)noc1C1CC1. The van der Waals surface area contributed by atoms with Crippen LogP contribution in [0.5, 0.6) is 0 Å². The number of hydrogen-bond acceptors (Lipinski definition) is 3. The van der Waals surface area contributed by atoms with E-state index < -0.39 is 0 Å². The molecule has 4 rings (SSSR count). The molecule has 2 aliphatic carbocycles. The summed E-state index contributed by atoms with van der Waals surface area (Å²) in [6.07, 6.45) is 4.51. The van der Waals surface area contributed by atoms with E-state index in [4.69, 9.17) is 9.26 Å². The Hall–Kier alpha value is -1.68. The molecule has 1 heterocycles. The topological polar surface area (TPSA) is 35.3 Å². The van der Waals surface area contributed by atoms with E-state index in [0.717, 1.165) is 42.6 Å². The van der Waals surface area contributed by atoms with Crippen molar-refractivity contribution in [3.63, 3.8) is 0 Å². The number of hydrogen-bond donors (Lipinski definition) is 0. The molecule has 2 aromatic rings. The van der Waals surface area contributed by atoms with Crippen LogP contribution in [0.15, 0.2) is 22.7 Å². The lowest BCUT2D eigenvalue weighted by molar-refractivity contribution is 0.133. The third kappa shape index (κ3) is 2.45. The molecule has 1 aromatic heterocycles. The van der Waals surface area contributed by atoms with Crippen molar-refractivity contribution in [2.75, 3.05) is 6.61 Å². The lowest BCUT2D eigenvalue weighted by Crippen LogP contribution is -1.99. The number of halogens is 1. The summed E-state index contributed by atoms with van der Waals surface area (Å²) in [5.74, 6) is 1.59. The lowest BCUT2D eigenvalue weighted by atomic mass is 9.96. The van der Waals surface area contributed by atoms with Crippen LogP contribution in [0.3, 0.4) is 0 Å². The predicted octanol–water partition coefficient (Wildman–Crippen LogP) is 4.77. The summed E-state index contributed by atoms with van der Waals surface area (Å²) in [4.78, 5) is 0. The van der Waals surface area contributed by atoms with Gasteiger partial charge in [-0.3, -0.25) is 0 Å². The van der Waals surface area contributed by atoms with Crippen molar-refractivity contribution in [3.05, 3.63) is 40.9 Å². The van der Waals surface area contributed by atoms with Crippen molar-refractivity contribution in [1.82, 2.24) is 5.16 Å². The minimum absolute atomic E-state index is 0.210. The molecule has 1 aromatic carbocycles. The van der Waals surface area contributed by atoms with Gasteiger partial charge in [-0.05, 0) is 50.2 Å². The van der Waals surface area contributed by atoms with Gasteiger partial charge in [0.1, 0.15) is 17.3 Å². The Morgan fingerprint density at radius 3 is 2.68 bits per heavy atom. The number of nitrogens with zero attached hydrogens (tertiary/aromatic N) is 1. The third-order valence-electron chi connectivity index (χ3n) is 4.52. The Morgan fingerprint density at radius 1 is 1.23 bits per heavy atom. The van der Waals surface area contributed by atoms with E-state index in [1.54, 1.807) is 6.07 Å². The minimum atomic E-state index is -0.210. The smallest absolute Gasteiger partial charge is 0.145 e. The maximum Gasteiger partial charge on any atom is 0.145 e. The first-order valence-corrected chi connectivity index (χ1v) is 8.14. The third-order valence-corrected chi connectivity index (χ3v) is 4.52. The molecule has 4 heteroatoms. The van der Waals surface area contributed by atoms with Crippen molar-refractivity contribution in [1.29, 1.82) is 0 Å². The highest BCUT2D eigenvalue weighted by Crippen LogP contribution is 2.48. The van der Waals surface area contributed by atoms with Gasteiger partial charge in [0.25, 0.3) is 0 Å². The fourth-order valence-corrected chi connectivity index (χ4v) is 3.05. The van der Waals surface area contributed by atoms with Gasteiger partial charge < -0.3 is 9.26 Å². The van der Waals surface area contributed by atoms with E-state index in [9.17, 15) is 4.39 Å². The maximum absolute atomic E-state index is 14.5. The zero-order valence-electron chi connectivity index (χ0n) is 12.8. The summed E-state index contributed by atoms with van der Waals surface area (Å²) in [7, 11) is 0. The molecule has 0 atom stereocenters. The molecule has 0 radical (unpaired) electrons. The molecule has 3 nitrogen and oxygen atoms in total. The van der Waals surface area contributed by atoms with Crippen LogP contribution in [-0.4, -0.2) is 11.8 Å². The van der Waals surface area contributed by atoms with Crippen molar-refractivity contribution in [3.8, 4) is 11.3 Å². The number of ether oxygens (including phenoxy) is 1. The fraction of sp³-hybridized carbons (Fsp3) is 0.500. The van der Waals surface area contributed by atoms with E-state index in [2.05, 4.69) is 5.16 Å². The number of rotatable bonds is 6. The minimum Gasteiger partial charge on any atom is -0.377 e. The largest absolute Gasteiger partial charge is 0.377 e. The summed E-state index contributed by atoms with van der Waals surface area (Å²) in [6, 6.07) is 5.32. The van der Waals surface area contributed by atoms with E-state index in [1.165, 1.54) is 6.07 Å². The van der Waals surface area contributed by atoms with Crippen LogP contribution in [-0.2, 0) is 11.3 Å². The normalized spacial score (nSPS) is 17.9. The van der Waals surface area contributed by atoms with Gasteiger partial charge in [0.05, 0.1) is 6.61 Å². The first-order chi connectivity index (χ1) is 10.8. The molecule has 0 unspecified atom stereocenters. The van der Waals surface area contributed by atoms with E-state index in [-0.39, 0.29) is 5.82 Å². The predicted molar refractivity (Wildman–Crippen MR) is 81.2 cm³/mol. The molecule has 2 saturated carbocycles. The fourth-order valence-electron chi connectivity index (χ4n) is 3.05. The molecule has 0 amide bonds. The van der Waals surface area contributed by atoms with Crippen LogP contribution < -0.4 is 0 Å². The lowest BCUT2D eigenvalue weighted by Gasteiger charge is -2.10. The Labute approximate surface area is 129 Å². The molecule has 0 N–H and O–H groups in total. The van der Waals surface area contributed by atoms with E-state index >= 15 is 0 Å². The molecule has 0 aliphatic heterocycles. The average Bonchev–Trinajstić information content (AvgIpc) is 3.42. The molecule has 2 fully saturated rings. The zero-order valence-corrected chi connectivity index (χ0v) is 12.8. The average molecular weight is 301 g/mol. The van der Waals surface area contributed by atoms with Crippen LogP contribution in [0.1, 0.15) is 61.3 Å². The van der Waals surface area contributed by atoms with Crippen LogP contribution >= 0.6 is 0 Å². The Kier molecular flexibility index (Phi) is 3.49. The van der Waals surface area contributed by atoms with Crippen molar-refractivity contribution < 1.29 is 13.7 Å². The van der Waals surface area contributed by atoms with Crippen molar-refractivity contribution in [2.45, 2.75) is 51.0 Å². The standard InChI is InChI=1S/C18H20FNO2/c1-2-21-10-14-17(20-22-18(14)12-8-9-12)16-13(11-6-7-11)4-3-5-15(16)19/h3-5,11-12H,2,6-10H2,1H3. The highest BCUT2D eigenvalue weighted by atomic mass is 19.1. The van der Waals surface area contributed by atoms with Crippen LogP contribution in [0.2, 0.25) is 0 Å². The molecule has 0 saturated heterocycles. The molecule has 0 spiro atoms. The summed E-state index contributed by atoms with van der Waals surface area (Å²) in [6.45, 7) is 3.03.